The van der Waals surface area contributed by atoms with Gasteiger partial charge in [-0.05, 0) is 11.8 Å². The van der Waals surface area contributed by atoms with Gasteiger partial charge in [0.1, 0.15) is 0 Å². The lowest BCUT2D eigenvalue weighted by Gasteiger charge is -2.12. The fourth-order valence-electron chi connectivity index (χ4n) is 5.59. The Bertz CT molecular complexity index is 346. The Balaban J connectivity index is 3.19. The summed E-state index contributed by atoms with van der Waals surface area (Å²) in [6.07, 6.45) is 41.2. The molecule has 0 aliphatic rings. The van der Waals surface area contributed by atoms with Crippen molar-refractivity contribution in [3.8, 4) is 0 Å². The molecule has 0 N–H and O–H groups in total. The first-order valence-corrected chi connectivity index (χ1v) is 16.7. The molecule has 34 heavy (non-hydrogen) atoms. The van der Waals surface area contributed by atoms with Gasteiger partial charge < -0.3 is 0 Å². The Hall–Kier alpha value is 0. The molecule has 0 amide bonds. The number of hydrogen-bond acceptors (Lipinski definition) is 0. The van der Waals surface area contributed by atoms with E-state index in [0.717, 1.165) is 11.8 Å². The minimum atomic E-state index is 0.962. The van der Waals surface area contributed by atoms with Crippen molar-refractivity contribution in [3.63, 3.8) is 0 Å². The van der Waals surface area contributed by atoms with E-state index >= 15 is 0 Å². The van der Waals surface area contributed by atoms with Gasteiger partial charge in [0, 0.05) is 0 Å². The molecule has 0 aromatic carbocycles. The molecule has 0 nitrogen and oxygen atoms in total. The van der Waals surface area contributed by atoms with Crippen LogP contribution in [0, 0.1) is 11.8 Å². The zero-order valence-corrected chi connectivity index (χ0v) is 25.0. The first-order valence-electron chi connectivity index (χ1n) is 16.7. The van der Waals surface area contributed by atoms with Crippen molar-refractivity contribution in [1.82, 2.24) is 0 Å². The Kier molecular flexibility index (Phi) is 29.2. The van der Waals surface area contributed by atoms with Crippen LogP contribution < -0.4 is 0 Å². The molecular formula is C34H70. The first-order chi connectivity index (χ1) is 16.7. The van der Waals surface area contributed by atoms with Crippen LogP contribution in [-0.4, -0.2) is 0 Å². The molecule has 0 heteroatoms. The molecule has 0 radical (unpaired) electrons. The highest BCUT2D eigenvalue weighted by Gasteiger charge is 2.04. The van der Waals surface area contributed by atoms with Crippen LogP contribution >= 0.6 is 0 Å². The van der Waals surface area contributed by atoms with Gasteiger partial charge >= 0.3 is 0 Å². The van der Waals surface area contributed by atoms with Crippen LogP contribution in [0.15, 0.2) is 0 Å². The normalized spacial score (nSPS) is 13.4. The average Bonchev–Trinajstić information content (AvgIpc) is 2.83. The number of rotatable bonds is 29. The fourth-order valence-corrected chi connectivity index (χ4v) is 5.59. The third-order valence-corrected chi connectivity index (χ3v) is 8.24. The van der Waals surface area contributed by atoms with E-state index in [1.807, 2.05) is 0 Å². The predicted molar refractivity (Wildman–Crippen MR) is 159 cm³/mol. The Morgan fingerprint density at radius 1 is 0.265 bits per heavy atom. The molecule has 0 rings (SSSR count). The van der Waals surface area contributed by atoms with E-state index in [4.69, 9.17) is 0 Å². The second kappa shape index (κ2) is 29.2. The first kappa shape index (κ1) is 34.0. The Morgan fingerprint density at radius 2 is 0.441 bits per heavy atom. The molecular weight excluding hydrogens is 408 g/mol. The van der Waals surface area contributed by atoms with Gasteiger partial charge in [0.2, 0.25) is 0 Å². The van der Waals surface area contributed by atoms with Crippen LogP contribution in [0.2, 0.25) is 0 Å². The van der Waals surface area contributed by atoms with Crippen LogP contribution in [0.3, 0.4) is 0 Å². The van der Waals surface area contributed by atoms with E-state index in [9.17, 15) is 0 Å². The Labute approximate surface area is 219 Å². The fraction of sp³-hybridized carbons (Fsp3) is 1.00. The molecule has 0 fully saturated rings. The lowest BCUT2D eigenvalue weighted by molar-refractivity contribution is 0.414. The van der Waals surface area contributed by atoms with Crippen LogP contribution in [0.1, 0.15) is 207 Å². The van der Waals surface area contributed by atoms with Gasteiger partial charge in [0.25, 0.3) is 0 Å². The minimum absolute atomic E-state index is 0.962. The highest BCUT2D eigenvalue weighted by Crippen LogP contribution is 2.21. The van der Waals surface area contributed by atoms with Crippen molar-refractivity contribution in [2.75, 3.05) is 0 Å². The maximum absolute atomic E-state index is 2.50. The molecule has 0 saturated carbocycles. The molecule has 0 aromatic rings. The van der Waals surface area contributed by atoms with Crippen molar-refractivity contribution in [2.24, 2.45) is 11.8 Å². The average molecular weight is 479 g/mol. The highest BCUT2D eigenvalue weighted by atomic mass is 14.1. The summed E-state index contributed by atoms with van der Waals surface area (Å²) < 4.78 is 0. The molecule has 0 aliphatic heterocycles. The van der Waals surface area contributed by atoms with Crippen molar-refractivity contribution in [2.45, 2.75) is 207 Å². The van der Waals surface area contributed by atoms with Crippen LogP contribution in [0.5, 0.6) is 0 Å². The smallest absolute Gasteiger partial charge is 0.0443 e. The highest BCUT2D eigenvalue weighted by molar-refractivity contribution is 4.58. The molecule has 0 aromatic heterocycles. The largest absolute Gasteiger partial charge is 0.0654 e. The van der Waals surface area contributed by atoms with E-state index in [-0.39, 0.29) is 0 Å². The molecule has 0 bridgehead atoms. The molecule has 2 atom stereocenters. The van der Waals surface area contributed by atoms with Crippen molar-refractivity contribution >= 4 is 0 Å². The molecule has 0 heterocycles. The summed E-state index contributed by atoms with van der Waals surface area (Å²) in [5.74, 6) is 1.93. The summed E-state index contributed by atoms with van der Waals surface area (Å²) in [7, 11) is 0. The summed E-state index contributed by atoms with van der Waals surface area (Å²) in [5.41, 5.74) is 0. The van der Waals surface area contributed by atoms with Gasteiger partial charge in [-0.2, -0.15) is 0 Å². The Morgan fingerprint density at radius 3 is 0.706 bits per heavy atom. The van der Waals surface area contributed by atoms with E-state index < -0.39 is 0 Å². The summed E-state index contributed by atoms with van der Waals surface area (Å²) >= 11 is 0. The van der Waals surface area contributed by atoms with E-state index in [2.05, 4.69) is 27.7 Å². The van der Waals surface area contributed by atoms with E-state index in [0.29, 0.717) is 0 Å². The van der Waals surface area contributed by atoms with Gasteiger partial charge in [-0.25, -0.2) is 0 Å². The van der Waals surface area contributed by atoms with Crippen molar-refractivity contribution in [1.29, 1.82) is 0 Å². The summed E-state index contributed by atoms with van der Waals surface area (Å²) in [6.45, 7) is 9.59. The zero-order valence-electron chi connectivity index (χ0n) is 25.0. The molecule has 206 valence electrons. The number of hydrogen-bond donors (Lipinski definition) is 0. The van der Waals surface area contributed by atoms with Gasteiger partial charge in [0.05, 0.1) is 0 Å². The van der Waals surface area contributed by atoms with Gasteiger partial charge in [-0.15, -0.1) is 0 Å². The van der Waals surface area contributed by atoms with Crippen LogP contribution in [0.25, 0.3) is 0 Å². The maximum atomic E-state index is 2.50. The van der Waals surface area contributed by atoms with Gasteiger partial charge in [-0.3, -0.25) is 0 Å². The summed E-state index contributed by atoms with van der Waals surface area (Å²) in [4.78, 5) is 0. The summed E-state index contributed by atoms with van der Waals surface area (Å²) in [6, 6.07) is 0. The van der Waals surface area contributed by atoms with Gasteiger partial charge in [0.15, 0.2) is 0 Å². The second-order valence-electron chi connectivity index (χ2n) is 12.1. The van der Waals surface area contributed by atoms with E-state index in [1.165, 1.54) is 180 Å². The van der Waals surface area contributed by atoms with Gasteiger partial charge in [-0.1, -0.05) is 207 Å². The second-order valence-corrected chi connectivity index (χ2v) is 12.1. The topological polar surface area (TPSA) is 0 Å². The minimum Gasteiger partial charge on any atom is -0.0654 e. The lowest BCUT2D eigenvalue weighted by Crippen LogP contribution is -1.96. The zero-order chi connectivity index (χ0) is 25.0. The molecule has 0 saturated heterocycles. The monoisotopic (exact) mass is 479 g/mol. The van der Waals surface area contributed by atoms with Crippen molar-refractivity contribution < 1.29 is 0 Å². The quantitative estimate of drug-likeness (QED) is 0.0937. The standard InChI is InChI=1S/C34H70/c1-5-7-9-10-11-12-13-14-15-16-17-18-19-20-21-22-26-30-34(4)32-28-24-23-27-31-33(3)29-25-8-6-2/h33-34H,5-32H2,1-4H3. The third-order valence-electron chi connectivity index (χ3n) is 8.24. The SMILES string of the molecule is CCCCCCCCCCCCCCCCCCCC(C)CCCCCCC(C)CCCCC. The van der Waals surface area contributed by atoms with Crippen LogP contribution in [-0.2, 0) is 0 Å². The summed E-state index contributed by atoms with van der Waals surface area (Å²) in [5, 5.41) is 0. The van der Waals surface area contributed by atoms with Crippen molar-refractivity contribution in [3.05, 3.63) is 0 Å². The predicted octanol–water partition coefficient (Wildman–Crippen LogP) is 13.2. The molecule has 0 spiro atoms. The molecule has 0 aliphatic carbocycles. The number of unbranched alkanes of at least 4 members (excludes halogenated alkanes) is 21. The lowest BCUT2D eigenvalue weighted by atomic mass is 9.94. The maximum Gasteiger partial charge on any atom is -0.0443 e. The van der Waals surface area contributed by atoms with E-state index in [1.54, 1.807) is 0 Å². The molecule has 2 unspecified atom stereocenters. The third kappa shape index (κ3) is 28.2. The van der Waals surface area contributed by atoms with Crippen LogP contribution in [0.4, 0.5) is 0 Å².